The normalized spacial score (nSPS) is 10.7. The highest BCUT2D eigenvalue weighted by molar-refractivity contribution is 7.13. The molecule has 1 heterocycles. The SMILES string of the molecule is COc1ccccc1CCNC(=O)c1csc(-c2ccc(OCc3ccc(F)cc3)cc2F)n1. The molecule has 34 heavy (non-hydrogen) atoms. The van der Waals surface area contributed by atoms with Crippen LogP contribution in [0.3, 0.4) is 0 Å². The Morgan fingerprint density at radius 1 is 1.06 bits per heavy atom. The highest BCUT2D eigenvalue weighted by Crippen LogP contribution is 2.29. The lowest BCUT2D eigenvalue weighted by Gasteiger charge is -2.08. The zero-order valence-electron chi connectivity index (χ0n) is 18.4. The van der Waals surface area contributed by atoms with E-state index in [1.165, 1.54) is 29.5 Å². The van der Waals surface area contributed by atoms with Crippen molar-refractivity contribution in [3.63, 3.8) is 0 Å². The van der Waals surface area contributed by atoms with Crippen LogP contribution in [0.15, 0.2) is 72.1 Å². The topological polar surface area (TPSA) is 60.5 Å². The third-order valence-corrected chi connectivity index (χ3v) is 5.97. The molecule has 0 aliphatic rings. The molecule has 1 aromatic heterocycles. The highest BCUT2D eigenvalue weighted by atomic mass is 32.1. The first-order chi connectivity index (χ1) is 16.5. The van der Waals surface area contributed by atoms with E-state index in [4.69, 9.17) is 9.47 Å². The van der Waals surface area contributed by atoms with Gasteiger partial charge >= 0.3 is 0 Å². The second kappa shape index (κ2) is 10.9. The van der Waals surface area contributed by atoms with Crippen LogP contribution in [0.25, 0.3) is 10.6 Å². The van der Waals surface area contributed by atoms with Gasteiger partial charge in [0.1, 0.15) is 40.4 Å². The Labute approximate surface area is 200 Å². The quantitative estimate of drug-likeness (QED) is 0.336. The van der Waals surface area contributed by atoms with Gasteiger partial charge < -0.3 is 14.8 Å². The monoisotopic (exact) mass is 480 g/mol. The van der Waals surface area contributed by atoms with Crippen LogP contribution in [-0.2, 0) is 13.0 Å². The summed E-state index contributed by atoms with van der Waals surface area (Å²) in [6, 6.07) is 18.0. The van der Waals surface area contributed by atoms with Crippen molar-refractivity contribution in [3.8, 4) is 22.1 Å². The summed E-state index contributed by atoms with van der Waals surface area (Å²) < 4.78 is 38.6. The van der Waals surface area contributed by atoms with Crippen molar-refractivity contribution >= 4 is 17.2 Å². The second-order valence-corrected chi connectivity index (χ2v) is 8.27. The summed E-state index contributed by atoms with van der Waals surface area (Å²) in [5.74, 6) is -0.0390. The van der Waals surface area contributed by atoms with Gasteiger partial charge in [0.2, 0.25) is 0 Å². The first kappa shape index (κ1) is 23.4. The van der Waals surface area contributed by atoms with Crippen LogP contribution < -0.4 is 14.8 Å². The minimum Gasteiger partial charge on any atom is -0.496 e. The Balaban J connectivity index is 1.35. The number of nitrogens with one attached hydrogen (secondary N) is 1. The second-order valence-electron chi connectivity index (χ2n) is 7.41. The Kier molecular flexibility index (Phi) is 7.49. The summed E-state index contributed by atoms with van der Waals surface area (Å²) in [7, 11) is 1.61. The number of halogens is 2. The number of rotatable bonds is 9. The number of thiazole rings is 1. The summed E-state index contributed by atoms with van der Waals surface area (Å²) >= 11 is 1.19. The smallest absolute Gasteiger partial charge is 0.270 e. The van der Waals surface area contributed by atoms with Crippen molar-refractivity contribution in [1.29, 1.82) is 0 Å². The van der Waals surface area contributed by atoms with E-state index in [1.54, 1.807) is 36.8 Å². The van der Waals surface area contributed by atoms with Gasteiger partial charge in [-0.3, -0.25) is 4.79 Å². The summed E-state index contributed by atoms with van der Waals surface area (Å²) in [6.07, 6.45) is 0.612. The van der Waals surface area contributed by atoms with Gasteiger partial charge in [0.05, 0.1) is 7.11 Å². The molecule has 0 radical (unpaired) electrons. The predicted octanol–water partition coefficient (Wildman–Crippen LogP) is 5.65. The van der Waals surface area contributed by atoms with Crippen LogP contribution in [-0.4, -0.2) is 24.5 Å². The molecule has 5 nitrogen and oxygen atoms in total. The van der Waals surface area contributed by atoms with Gasteiger partial charge in [0.15, 0.2) is 0 Å². The molecule has 0 atom stereocenters. The minimum absolute atomic E-state index is 0.190. The van der Waals surface area contributed by atoms with Gasteiger partial charge in [0, 0.05) is 23.6 Å². The van der Waals surface area contributed by atoms with Crippen molar-refractivity contribution in [3.05, 3.63) is 101 Å². The first-order valence-corrected chi connectivity index (χ1v) is 11.4. The largest absolute Gasteiger partial charge is 0.496 e. The van der Waals surface area contributed by atoms with Crippen molar-refractivity contribution in [1.82, 2.24) is 10.3 Å². The molecule has 3 aromatic carbocycles. The van der Waals surface area contributed by atoms with Crippen molar-refractivity contribution in [2.45, 2.75) is 13.0 Å². The van der Waals surface area contributed by atoms with E-state index < -0.39 is 5.82 Å². The number of hydrogen-bond donors (Lipinski definition) is 1. The van der Waals surface area contributed by atoms with Crippen LogP contribution in [0.5, 0.6) is 11.5 Å². The average molecular weight is 481 g/mol. The Morgan fingerprint density at radius 3 is 2.62 bits per heavy atom. The molecule has 174 valence electrons. The van der Waals surface area contributed by atoms with Crippen LogP contribution in [0, 0.1) is 11.6 Å². The lowest BCUT2D eigenvalue weighted by Crippen LogP contribution is -2.26. The van der Waals surface area contributed by atoms with Gasteiger partial charge in [0.25, 0.3) is 5.91 Å². The summed E-state index contributed by atoms with van der Waals surface area (Å²) in [4.78, 5) is 16.8. The van der Waals surface area contributed by atoms with Crippen LogP contribution in [0.1, 0.15) is 21.6 Å². The molecule has 0 unspecified atom stereocenters. The Morgan fingerprint density at radius 2 is 1.85 bits per heavy atom. The van der Waals surface area contributed by atoms with Crippen molar-refractivity contribution < 1.29 is 23.0 Å². The van der Waals surface area contributed by atoms with E-state index in [-0.39, 0.29) is 29.6 Å². The van der Waals surface area contributed by atoms with E-state index >= 15 is 0 Å². The molecule has 0 aliphatic carbocycles. The molecule has 0 bridgehead atoms. The number of nitrogens with zero attached hydrogens (tertiary/aromatic N) is 1. The van der Waals surface area contributed by atoms with Crippen molar-refractivity contribution in [2.24, 2.45) is 0 Å². The van der Waals surface area contributed by atoms with E-state index in [2.05, 4.69) is 10.3 Å². The number of aromatic nitrogens is 1. The van der Waals surface area contributed by atoms with E-state index in [1.807, 2.05) is 24.3 Å². The molecule has 0 saturated heterocycles. The molecule has 0 spiro atoms. The molecule has 0 fully saturated rings. The zero-order valence-corrected chi connectivity index (χ0v) is 19.2. The number of carbonyl (C=O) groups excluding carboxylic acids is 1. The molecule has 4 rings (SSSR count). The van der Waals surface area contributed by atoms with E-state index in [0.29, 0.717) is 23.7 Å². The maximum absolute atomic E-state index is 14.7. The van der Waals surface area contributed by atoms with Gasteiger partial charge in [-0.2, -0.15) is 0 Å². The van der Waals surface area contributed by atoms with Gasteiger partial charge in [-0.05, 0) is 47.9 Å². The summed E-state index contributed by atoms with van der Waals surface area (Å²) in [5, 5.41) is 4.84. The molecule has 0 aliphatic heterocycles. The number of carbonyl (C=O) groups is 1. The highest BCUT2D eigenvalue weighted by Gasteiger charge is 2.15. The van der Waals surface area contributed by atoms with Gasteiger partial charge in [-0.1, -0.05) is 30.3 Å². The van der Waals surface area contributed by atoms with E-state index in [0.717, 1.165) is 16.9 Å². The molecule has 1 amide bonds. The Bertz CT molecular complexity index is 1280. The first-order valence-electron chi connectivity index (χ1n) is 10.6. The molecular weight excluding hydrogens is 458 g/mol. The third kappa shape index (κ3) is 5.77. The van der Waals surface area contributed by atoms with Crippen molar-refractivity contribution in [2.75, 3.05) is 13.7 Å². The number of amides is 1. The fourth-order valence-electron chi connectivity index (χ4n) is 3.32. The molecule has 1 N–H and O–H groups in total. The average Bonchev–Trinajstić information content (AvgIpc) is 3.34. The number of methoxy groups -OCH3 is 1. The number of para-hydroxylation sites is 1. The number of hydrogen-bond acceptors (Lipinski definition) is 5. The van der Waals surface area contributed by atoms with Gasteiger partial charge in [-0.25, -0.2) is 13.8 Å². The maximum atomic E-state index is 14.7. The van der Waals surface area contributed by atoms with Crippen LogP contribution in [0.2, 0.25) is 0 Å². The fourth-order valence-corrected chi connectivity index (χ4v) is 4.15. The lowest BCUT2D eigenvalue weighted by molar-refractivity contribution is 0.0950. The molecule has 8 heteroatoms. The van der Waals surface area contributed by atoms with Crippen LogP contribution in [0.4, 0.5) is 8.78 Å². The Hall–Kier alpha value is -3.78. The molecule has 0 saturated carbocycles. The summed E-state index contributed by atoms with van der Waals surface area (Å²) in [6.45, 7) is 0.607. The standard InChI is InChI=1S/C26H22F2N2O3S/c1-32-24-5-3-2-4-18(24)12-13-29-25(31)23-16-34-26(30-23)21-11-10-20(14-22(21)28)33-15-17-6-8-19(27)9-7-17/h2-11,14,16H,12-13,15H2,1H3,(H,29,31). The predicted molar refractivity (Wildman–Crippen MR) is 127 cm³/mol. The third-order valence-electron chi connectivity index (χ3n) is 5.10. The lowest BCUT2D eigenvalue weighted by atomic mass is 10.1. The molecule has 4 aromatic rings. The number of benzene rings is 3. The maximum Gasteiger partial charge on any atom is 0.270 e. The van der Waals surface area contributed by atoms with Crippen LogP contribution >= 0.6 is 11.3 Å². The van der Waals surface area contributed by atoms with E-state index in [9.17, 15) is 13.6 Å². The molecular formula is C26H22F2N2O3S. The van der Waals surface area contributed by atoms with Gasteiger partial charge in [-0.15, -0.1) is 11.3 Å². The zero-order chi connectivity index (χ0) is 23.9. The summed E-state index contributed by atoms with van der Waals surface area (Å²) in [5.41, 5.74) is 2.28. The number of ether oxygens (including phenoxy) is 2. The fraction of sp³-hybridized carbons (Fsp3) is 0.154. The minimum atomic E-state index is -0.505.